The maximum Gasteiger partial charge on any atom is 0.0611 e. The highest BCUT2D eigenvalue weighted by Crippen LogP contribution is 2.48. The van der Waals surface area contributed by atoms with Gasteiger partial charge in [-0.05, 0) is 50.4 Å². The lowest BCUT2D eigenvalue weighted by Crippen LogP contribution is -2.17. The normalized spacial score (nSPS) is 31.9. The summed E-state index contributed by atoms with van der Waals surface area (Å²) >= 11 is 0. The number of aliphatic hydroxyl groups excluding tert-OH is 1. The van der Waals surface area contributed by atoms with Crippen LogP contribution < -0.4 is 0 Å². The number of aliphatic hydroxyl groups is 1. The summed E-state index contributed by atoms with van der Waals surface area (Å²) in [5.41, 5.74) is 1.64. The van der Waals surface area contributed by atoms with Gasteiger partial charge in [0.05, 0.1) is 6.10 Å². The fourth-order valence-corrected chi connectivity index (χ4v) is 3.99. The molecule has 0 aliphatic heterocycles. The third kappa shape index (κ3) is 4.69. The Morgan fingerprint density at radius 3 is 2.95 bits per heavy atom. The minimum atomic E-state index is -0.118. The largest absolute Gasteiger partial charge is 0.392 e. The molecule has 0 spiro atoms. The molecule has 2 nitrogen and oxygen atoms in total. The molecule has 0 bridgehead atoms. The van der Waals surface area contributed by atoms with Crippen LogP contribution in [0.15, 0.2) is 23.8 Å². The molecule has 2 heteroatoms. The van der Waals surface area contributed by atoms with E-state index in [0.29, 0.717) is 17.8 Å². The number of methoxy groups -OCH3 is 1. The summed E-state index contributed by atoms with van der Waals surface area (Å²) in [6, 6.07) is 0. The molecule has 2 unspecified atom stereocenters. The van der Waals surface area contributed by atoms with Crippen molar-refractivity contribution in [1.29, 1.82) is 0 Å². The SMILES string of the molecule is CCC/C=C/[C@@H]1C2CC(CCCCCOC)=CC2C[C@H]1O. The minimum absolute atomic E-state index is 0.118. The van der Waals surface area contributed by atoms with Crippen molar-refractivity contribution >= 4 is 0 Å². The van der Waals surface area contributed by atoms with E-state index < -0.39 is 0 Å². The number of unbranched alkanes of at least 4 members (excludes halogenated alkanes) is 3. The first-order valence-electron chi connectivity index (χ1n) is 8.79. The second-order valence-corrected chi connectivity index (χ2v) is 6.76. The molecule has 1 N–H and O–H groups in total. The predicted octanol–water partition coefficient (Wildman–Crippen LogP) is 4.49. The average Bonchev–Trinajstić information content (AvgIpc) is 2.97. The highest BCUT2D eigenvalue weighted by molar-refractivity contribution is 5.20. The van der Waals surface area contributed by atoms with Crippen LogP contribution in [0.1, 0.15) is 58.3 Å². The van der Waals surface area contributed by atoms with E-state index in [1.54, 1.807) is 12.7 Å². The van der Waals surface area contributed by atoms with Gasteiger partial charge in [-0.25, -0.2) is 0 Å². The first-order valence-corrected chi connectivity index (χ1v) is 8.79. The van der Waals surface area contributed by atoms with Crippen molar-refractivity contribution < 1.29 is 9.84 Å². The number of allylic oxidation sites excluding steroid dienone is 3. The molecule has 2 aliphatic carbocycles. The summed E-state index contributed by atoms with van der Waals surface area (Å²) in [4.78, 5) is 0. The van der Waals surface area contributed by atoms with E-state index in [-0.39, 0.29) is 6.10 Å². The lowest BCUT2D eigenvalue weighted by molar-refractivity contribution is 0.141. The molecule has 2 rings (SSSR count). The maximum atomic E-state index is 10.3. The Bertz CT molecular complexity index is 359. The Labute approximate surface area is 130 Å². The first kappa shape index (κ1) is 16.8. The van der Waals surface area contributed by atoms with Gasteiger partial charge in [-0.1, -0.05) is 43.6 Å². The first-order chi connectivity index (χ1) is 10.3. The molecule has 1 saturated carbocycles. The molecular weight excluding hydrogens is 260 g/mol. The van der Waals surface area contributed by atoms with E-state index >= 15 is 0 Å². The van der Waals surface area contributed by atoms with Crippen molar-refractivity contribution in [3.8, 4) is 0 Å². The number of hydrogen-bond acceptors (Lipinski definition) is 2. The lowest BCUT2D eigenvalue weighted by Gasteiger charge is -2.18. The average molecular weight is 292 g/mol. The van der Waals surface area contributed by atoms with Crippen LogP contribution >= 0.6 is 0 Å². The fourth-order valence-electron chi connectivity index (χ4n) is 3.99. The van der Waals surface area contributed by atoms with Gasteiger partial charge in [0.15, 0.2) is 0 Å². The third-order valence-electron chi connectivity index (χ3n) is 5.11. The van der Waals surface area contributed by atoms with Crippen molar-refractivity contribution in [3.63, 3.8) is 0 Å². The van der Waals surface area contributed by atoms with Crippen LogP contribution in [0.5, 0.6) is 0 Å². The van der Waals surface area contributed by atoms with Crippen LogP contribution in [0.3, 0.4) is 0 Å². The monoisotopic (exact) mass is 292 g/mol. The molecule has 0 aromatic carbocycles. The molecule has 0 amide bonds. The van der Waals surface area contributed by atoms with Crippen LogP contribution in [0.4, 0.5) is 0 Å². The zero-order valence-electron chi connectivity index (χ0n) is 13.8. The van der Waals surface area contributed by atoms with Gasteiger partial charge >= 0.3 is 0 Å². The summed E-state index contributed by atoms with van der Waals surface area (Å²) in [5, 5.41) is 10.3. The van der Waals surface area contributed by atoms with Crippen molar-refractivity contribution in [3.05, 3.63) is 23.8 Å². The van der Waals surface area contributed by atoms with Gasteiger partial charge in [0.25, 0.3) is 0 Å². The summed E-state index contributed by atoms with van der Waals surface area (Å²) in [6.45, 7) is 3.10. The molecule has 0 saturated heterocycles. The number of hydrogen-bond donors (Lipinski definition) is 1. The second kappa shape index (κ2) is 8.75. The van der Waals surface area contributed by atoms with Gasteiger partial charge in [-0.2, -0.15) is 0 Å². The van der Waals surface area contributed by atoms with E-state index in [4.69, 9.17) is 4.74 Å². The Kier molecular flexibility index (Phi) is 6.98. The fraction of sp³-hybridized carbons (Fsp3) is 0.789. The Morgan fingerprint density at radius 1 is 1.33 bits per heavy atom. The lowest BCUT2D eigenvalue weighted by atomic mass is 9.88. The smallest absolute Gasteiger partial charge is 0.0611 e. The molecular formula is C19H32O2. The van der Waals surface area contributed by atoms with Gasteiger partial charge in [-0.3, -0.25) is 0 Å². The van der Waals surface area contributed by atoms with Crippen LogP contribution in [0.2, 0.25) is 0 Å². The molecule has 2 aliphatic rings. The Hall–Kier alpha value is -0.600. The van der Waals surface area contributed by atoms with Crippen molar-refractivity contribution in [2.24, 2.45) is 17.8 Å². The van der Waals surface area contributed by atoms with Crippen LogP contribution in [-0.4, -0.2) is 24.9 Å². The molecule has 120 valence electrons. The zero-order valence-corrected chi connectivity index (χ0v) is 13.8. The van der Waals surface area contributed by atoms with Crippen molar-refractivity contribution in [1.82, 2.24) is 0 Å². The van der Waals surface area contributed by atoms with Gasteiger partial charge in [0, 0.05) is 19.6 Å². The Morgan fingerprint density at radius 2 is 2.19 bits per heavy atom. The highest BCUT2D eigenvalue weighted by atomic mass is 16.5. The molecule has 0 aromatic heterocycles. The number of fused-ring (bicyclic) bond motifs is 1. The summed E-state index contributed by atoms with van der Waals surface area (Å²) in [5.74, 6) is 1.69. The molecule has 4 atom stereocenters. The van der Waals surface area contributed by atoms with Gasteiger partial charge in [0.2, 0.25) is 0 Å². The molecule has 0 heterocycles. The topological polar surface area (TPSA) is 29.5 Å². The van der Waals surface area contributed by atoms with Crippen molar-refractivity contribution in [2.75, 3.05) is 13.7 Å². The zero-order chi connectivity index (χ0) is 15.1. The van der Waals surface area contributed by atoms with Gasteiger partial charge in [-0.15, -0.1) is 0 Å². The van der Waals surface area contributed by atoms with E-state index in [9.17, 15) is 5.11 Å². The van der Waals surface area contributed by atoms with E-state index in [1.807, 2.05) is 0 Å². The second-order valence-electron chi connectivity index (χ2n) is 6.76. The molecule has 0 radical (unpaired) electrons. The van der Waals surface area contributed by atoms with Gasteiger partial charge < -0.3 is 9.84 Å². The summed E-state index contributed by atoms with van der Waals surface area (Å²) < 4.78 is 5.10. The summed E-state index contributed by atoms with van der Waals surface area (Å²) in [6.07, 6.45) is 16.4. The number of rotatable bonds is 9. The van der Waals surface area contributed by atoms with E-state index in [2.05, 4.69) is 25.2 Å². The van der Waals surface area contributed by atoms with Crippen molar-refractivity contribution in [2.45, 2.75) is 64.4 Å². The highest BCUT2D eigenvalue weighted by Gasteiger charge is 2.42. The van der Waals surface area contributed by atoms with Crippen LogP contribution in [-0.2, 0) is 4.74 Å². The standard InChI is InChI=1S/C19H32O2/c1-3-4-6-10-17-18-13-15(9-7-5-8-11-21-2)12-16(18)14-19(17)20/h6,10,12,16-20H,3-5,7-9,11,13-14H2,1-2H3/b10-6+/t16?,17-,18?,19-/m1/s1. The quantitative estimate of drug-likeness (QED) is 0.501. The molecule has 1 fully saturated rings. The maximum absolute atomic E-state index is 10.3. The van der Waals surface area contributed by atoms with Crippen LogP contribution in [0.25, 0.3) is 0 Å². The molecule has 0 aromatic rings. The molecule has 21 heavy (non-hydrogen) atoms. The summed E-state index contributed by atoms with van der Waals surface area (Å²) in [7, 11) is 1.78. The van der Waals surface area contributed by atoms with E-state index in [1.165, 1.54) is 38.5 Å². The predicted molar refractivity (Wildman–Crippen MR) is 88.2 cm³/mol. The van der Waals surface area contributed by atoms with E-state index in [0.717, 1.165) is 19.4 Å². The number of ether oxygens (including phenoxy) is 1. The van der Waals surface area contributed by atoms with Gasteiger partial charge in [0.1, 0.15) is 0 Å². The minimum Gasteiger partial charge on any atom is -0.392 e. The van der Waals surface area contributed by atoms with Crippen LogP contribution in [0, 0.1) is 17.8 Å². The third-order valence-corrected chi connectivity index (χ3v) is 5.11. The Balaban J connectivity index is 1.77.